The summed E-state index contributed by atoms with van der Waals surface area (Å²) >= 11 is 1.30. The van der Waals surface area contributed by atoms with E-state index in [1.807, 2.05) is 19.2 Å². The van der Waals surface area contributed by atoms with E-state index in [1.165, 1.54) is 48.4 Å². The van der Waals surface area contributed by atoms with Crippen molar-refractivity contribution in [3.8, 4) is 16.7 Å². The van der Waals surface area contributed by atoms with E-state index in [0.29, 0.717) is 17.6 Å². The molecule has 2 aromatic rings. The van der Waals surface area contributed by atoms with Crippen molar-refractivity contribution in [2.24, 2.45) is 0 Å². The van der Waals surface area contributed by atoms with Gasteiger partial charge in [0.1, 0.15) is 11.5 Å². The Morgan fingerprint density at radius 3 is 2.11 bits per heavy atom. The lowest BCUT2D eigenvalue weighted by molar-refractivity contribution is -0.274. The second kappa shape index (κ2) is 11.8. The molecule has 0 aliphatic heterocycles. The molecule has 0 fully saturated rings. The van der Waals surface area contributed by atoms with Crippen molar-refractivity contribution in [1.82, 2.24) is 4.98 Å². The SMILES string of the molecule is CCCC.CCCOC(C)c1csc(Oc2ccc(OC(F)(F)F)cc2)n1. The molecule has 152 valence electrons. The number of rotatable bonds is 8. The summed E-state index contributed by atoms with van der Waals surface area (Å²) < 4.78 is 51.1. The molecule has 1 unspecified atom stereocenters. The minimum absolute atomic E-state index is 0.133. The minimum Gasteiger partial charge on any atom is -0.431 e. The molecule has 0 bridgehead atoms. The molecule has 8 heteroatoms. The first-order valence-corrected chi connectivity index (χ1v) is 9.77. The number of unbranched alkanes of at least 4 members (excludes halogenated alkanes) is 1. The van der Waals surface area contributed by atoms with E-state index in [9.17, 15) is 13.2 Å². The van der Waals surface area contributed by atoms with E-state index in [4.69, 9.17) is 9.47 Å². The fourth-order valence-electron chi connectivity index (χ4n) is 1.69. The summed E-state index contributed by atoms with van der Waals surface area (Å²) in [5, 5.41) is 2.23. The lowest BCUT2D eigenvalue weighted by atomic mass is 10.3. The van der Waals surface area contributed by atoms with Gasteiger partial charge in [0, 0.05) is 12.0 Å². The van der Waals surface area contributed by atoms with Crippen LogP contribution in [0.3, 0.4) is 0 Å². The normalized spacial score (nSPS) is 12.1. The van der Waals surface area contributed by atoms with E-state index in [-0.39, 0.29) is 11.9 Å². The highest BCUT2D eigenvalue weighted by Gasteiger charge is 2.31. The van der Waals surface area contributed by atoms with Crippen LogP contribution in [0.15, 0.2) is 29.6 Å². The smallest absolute Gasteiger partial charge is 0.431 e. The molecule has 0 aliphatic rings. The molecule has 0 N–H and O–H groups in total. The molecule has 1 atom stereocenters. The Labute approximate surface area is 162 Å². The van der Waals surface area contributed by atoms with Crippen LogP contribution in [0.2, 0.25) is 0 Å². The molecule has 1 aromatic carbocycles. The summed E-state index contributed by atoms with van der Waals surface area (Å²) in [5.74, 6) is 0.0776. The second-order valence-corrected chi connectivity index (χ2v) is 6.49. The number of alkyl halides is 3. The molecule has 0 aliphatic carbocycles. The number of aromatic nitrogens is 1. The van der Waals surface area contributed by atoms with E-state index in [1.54, 1.807) is 0 Å². The van der Waals surface area contributed by atoms with Crippen LogP contribution in [0.25, 0.3) is 0 Å². The number of benzene rings is 1. The van der Waals surface area contributed by atoms with Crippen molar-refractivity contribution in [2.45, 2.75) is 59.4 Å². The van der Waals surface area contributed by atoms with E-state index < -0.39 is 6.36 Å². The van der Waals surface area contributed by atoms with Gasteiger partial charge in [0.05, 0.1) is 11.8 Å². The maximum atomic E-state index is 12.1. The number of nitrogens with zero attached hydrogens (tertiary/aromatic N) is 1. The van der Waals surface area contributed by atoms with Crippen LogP contribution in [-0.4, -0.2) is 18.0 Å². The predicted molar refractivity (Wildman–Crippen MR) is 101 cm³/mol. The monoisotopic (exact) mass is 405 g/mol. The van der Waals surface area contributed by atoms with Gasteiger partial charge >= 0.3 is 6.36 Å². The van der Waals surface area contributed by atoms with Crippen molar-refractivity contribution >= 4 is 11.3 Å². The third kappa shape index (κ3) is 9.63. The predicted octanol–water partition coefficient (Wildman–Crippen LogP) is 7.13. The maximum absolute atomic E-state index is 12.1. The average molecular weight is 405 g/mol. The lowest BCUT2D eigenvalue weighted by Gasteiger charge is -2.09. The zero-order valence-electron chi connectivity index (χ0n) is 16.0. The van der Waals surface area contributed by atoms with Crippen molar-refractivity contribution in [3.63, 3.8) is 0 Å². The van der Waals surface area contributed by atoms with Crippen molar-refractivity contribution in [2.75, 3.05) is 6.61 Å². The highest BCUT2D eigenvalue weighted by molar-refractivity contribution is 7.11. The van der Waals surface area contributed by atoms with Gasteiger partial charge in [0.2, 0.25) is 0 Å². The number of hydrogen-bond acceptors (Lipinski definition) is 5. The highest BCUT2D eigenvalue weighted by atomic mass is 32.1. The molecule has 27 heavy (non-hydrogen) atoms. The van der Waals surface area contributed by atoms with Gasteiger partial charge in [-0.2, -0.15) is 0 Å². The van der Waals surface area contributed by atoms with Gasteiger partial charge in [0.15, 0.2) is 0 Å². The molecule has 2 rings (SSSR count). The summed E-state index contributed by atoms with van der Waals surface area (Å²) in [7, 11) is 0. The largest absolute Gasteiger partial charge is 0.573 e. The Morgan fingerprint density at radius 2 is 1.59 bits per heavy atom. The fourth-order valence-corrected chi connectivity index (χ4v) is 2.46. The van der Waals surface area contributed by atoms with E-state index >= 15 is 0 Å². The maximum Gasteiger partial charge on any atom is 0.573 e. The van der Waals surface area contributed by atoms with Crippen molar-refractivity contribution in [1.29, 1.82) is 0 Å². The third-order valence-electron chi connectivity index (χ3n) is 3.25. The average Bonchev–Trinajstić information content (AvgIpc) is 3.09. The zero-order valence-corrected chi connectivity index (χ0v) is 16.8. The van der Waals surface area contributed by atoms with Gasteiger partial charge in [-0.1, -0.05) is 44.9 Å². The third-order valence-corrected chi connectivity index (χ3v) is 3.99. The van der Waals surface area contributed by atoms with E-state index in [2.05, 4.69) is 23.6 Å². The van der Waals surface area contributed by atoms with E-state index in [0.717, 1.165) is 12.1 Å². The van der Waals surface area contributed by atoms with Crippen LogP contribution in [-0.2, 0) is 4.74 Å². The number of halogens is 3. The Balaban J connectivity index is 0.000000828. The molecule has 0 saturated heterocycles. The van der Waals surface area contributed by atoms with Crippen LogP contribution >= 0.6 is 11.3 Å². The summed E-state index contributed by atoms with van der Waals surface area (Å²) in [4.78, 5) is 4.30. The van der Waals surface area contributed by atoms with Crippen LogP contribution in [0.4, 0.5) is 13.2 Å². The van der Waals surface area contributed by atoms with Crippen molar-refractivity contribution in [3.05, 3.63) is 35.3 Å². The number of hydrogen-bond donors (Lipinski definition) is 0. The standard InChI is InChI=1S/C15H16F3NO3S.C4H10/c1-3-8-20-10(2)13-9-23-14(19-13)21-11-4-6-12(7-5-11)22-15(16,17)18;1-3-4-2/h4-7,9-10H,3,8H2,1-2H3;3-4H2,1-2H3. The first-order valence-electron chi connectivity index (χ1n) is 8.89. The molecule has 0 spiro atoms. The molecule has 0 saturated carbocycles. The quantitative estimate of drug-likeness (QED) is 0.468. The first-order chi connectivity index (χ1) is 12.8. The molecule has 0 amide bonds. The Hall–Kier alpha value is -1.80. The van der Waals surface area contributed by atoms with Crippen LogP contribution in [0.1, 0.15) is 58.8 Å². The molecule has 0 radical (unpaired) electrons. The first kappa shape index (κ1) is 23.2. The highest BCUT2D eigenvalue weighted by Crippen LogP contribution is 2.30. The van der Waals surface area contributed by atoms with Gasteiger partial charge in [-0.3, -0.25) is 0 Å². The van der Waals surface area contributed by atoms with Gasteiger partial charge in [-0.05, 0) is 37.6 Å². The Kier molecular flexibility index (Phi) is 10.2. The Morgan fingerprint density at radius 1 is 1.00 bits per heavy atom. The summed E-state index contributed by atoms with van der Waals surface area (Å²) in [6.45, 7) is 8.93. The molecule has 1 heterocycles. The fraction of sp³-hybridized carbons (Fsp3) is 0.526. The zero-order chi connectivity index (χ0) is 20.3. The van der Waals surface area contributed by atoms with Gasteiger partial charge < -0.3 is 14.2 Å². The Bertz CT molecular complexity index is 642. The molecular weight excluding hydrogens is 379 g/mol. The number of ether oxygens (including phenoxy) is 3. The van der Waals surface area contributed by atoms with Crippen LogP contribution < -0.4 is 9.47 Å². The molecule has 1 aromatic heterocycles. The van der Waals surface area contributed by atoms with Crippen molar-refractivity contribution < 1.29 is 27.4 Å². The summed E-state index contributed by atoms with van der Waals surface area (Å²) in [6.07, 6.45) is -1.28. The van der Waals surface area contributed by atoms with Crippen LogP contribution in [0, 0.1) is 0 Å². The summed E-state index contributed by atoms with van der Waals surface area (Å²) in [5.41, 5.74) is 0.760. The lowest BCUT2D eigenvalue weighted by Crippen LogP contribution is -2.16. The summed E-state index contributed by atoms with van der Waals surface area (Å²) in [6, 6.07) is 5.15. The van der Waals surface area contributed by atoms with Gasteiger partial charge in [0.25, 0.3) is 5.19 Å². The van der Waals surface area contributed by atoms with Crippen LogP contribution in [0.5, 0.6) is 16.7 Å². The number of thiazole rings is 1. The van der Waals surface area contributed by atoms with Gasteiger partial charge in [-0.25, -0.2) is 4.98 Å². The topological polar surface area (TPSA) is 40.6 Å². The minimum atomic E-state index is -4.71. The molecular formula is C19H26F3NO3S. The second-order valence-electron chi connectivity index (χ2n) is 5.67. The molecule has 4 nitrogen and oxygen atoms in total. The van der Waals surface area contributed by atoms with Gasteiger partial charge in [-0.15, -0.1) is 13.2 Å².